The van der Waals surface area contributed by atoms with Gasteiger partial charge in [0.25, 0.3) is 5.56 Å². The van der Waals surface area contributed by atoms with E-state index in [2.05, 4.69) is 39.5 Å². The van der Waals surface area contributed by atoms with Crippen LogP contribution in [0.5, 0.6) is 5.75 Å². The van der Waals surface area contributed by atoms with Crippen LogP contribution in [-0.4, -0.2) is 89.7 Å². The molecule has 4 aliphatic rings. The van der Waals surface area contributed by atoms with Gasteiger partial charge in [-0.15, -0.1) is 0 Å². The van der Waals surface area contributed by atoms with Crippen molar-refractivity contribution in [1.82, 2.24) is 24.6 Å². The first-order valence-corrected chi connectivity index (χ1v) is 18.7. The molecule has 7 rings (SSSR count). The predicted octanol–water partition coefficient (Wildman–Crippen LogP) is 5.14. The average molecular weight is 727 g/mol. The maximum atomic E-state index is 13.6. The van der Waals surface area contributed by atoms with Crippen molar-refractivity contribution in [2.24, 2.45) is 18.0 Å². The monoisotopic (exact) mass is 726 g/mol. The number of benzene rings is 2. The minimum Gasteiger partial charge on any atom is -0.496 e. The molecule has 5 heterocycles. The van der Waals surface area contributed by atoms with E-state index in [-0.39, 0.29) is 35.4 Å². The van der Waals surface area contributed by atoms with Gasteiger partial charge in [0.1, 0.15) is 5.75 Å². The molecule has 1 unspecified atom stereocenters. The van der Waals surface area contributed by atoms with Crippen molar-refractivity contribution < 1.29 is 19.1 Å². The van der Waals surface area contributed by atoms with Crippen LogP contribution in [0.3, 0.4) is 0 Å². The van der Waals surface area contributed by atoms with Gasteiger partial charge in [-0.25, -0.2) is 4.79 Å². The van der Waals surface area contributed by atoms with E-state index in [1.807, 2.05) is 35.2 Å². The number of carbonyl (C=O) groups is 3. The molecular weight excluding hydrogens is 680 g/mol. The molecule has 1 N–H and O–H groups in total. The van der Waals surface area contributed by atoms with Crippen molar-refractivity contribution in [3.05, 3.63) is 85.8 Å². The Morgan fingerprint density at radius 1 is 1.02 bits per heavy atom. The molecule has 0 aliphatic carbocycles. The molecule has 274 valence electrons. The van der Waals surface area contributed by atoms with E-state index >= 15 is 0 Å². The molecule has 4 aliphatic heterocycles. The Balaban J connectivity index is 0.903. The second-order valence-corrected chi connectivity index (χ2v) is 15.1. The summed E-state index contributed by atoms with van der Waals surface area (Å²) in [7, 11) is 5.35. The third-order valence-electron chi connectivity index (χ3n) is 11.5. The molecule has 3 fully saturated rings. The van der Waals surface area contributed by atoms with E-state index < -0.39 is 0 Å². The van der Waals surface area contributed by atoms with Gasteiger partial charge in [0, 0.05) is 105 Å². The summed E-state index contributed by atoms with van der Waals surface area (Å²) in [6.45, 7) is 4.18. The minimum atomic E-state index is -0.181. The second kappa shape index (κ2) is 15.2. The molecule has 0 radical (unpaired) electrons. The van der Waals surface area contributed by atoms with Gasteiger partial charge in [-0.2, -0.15) is 0 Å². The average Bonchev–Trinajstić information content (AvgIpc) is 3.66. The van der Waals surface area contributed by atoms with Crippen LogP contribution in [0.15, 0.2) is 52.4 Å². The van der Waals surface area contributed by atoms with Crippen molar-refractivity contribution in [2.75, 3.05) is 40.3 Å². The summed E-state index contributed by atoms with van der Waals surface area (Å²) in [6, 6.07) is 12.8. The van der Waals surface area contributed by atoms with Crippen LogP contribution in [0, 0.1) is 5.92 Å². The number of likely N-dealkylation sites (tertiary alicyclic amines) is 2. The molecule has 0 spiro atoms. The molecule has 11 nitrogen and oxygen atoms in total. The number of urea groups is 1. The highest BCUT2D eigenvalue weighted by atomic mass is 35.5. The van der Waals surface area contributed by atoms with Crippen molar-refractivity contribution in [2.45, 2.75) is 70.0 Å². The number of rotatable bonds is 8. The number of piperidine rings is 3. The Kier molecular flexibility index (Phi) is 10.5. The topological polar surface area (TPSA) is 117 Å². The van der Waals surface area contributed by atoms with Crippen LogP contribution >= 0.6 is 11.6 Å². The van der Waals surface area contributed by atoms with E-state index in [0.717, 1.165) is 79.7 Å². The minimum absolute atomic E-state index is 0.0320. The summed E-state index contributed by atoms with van der Waals surface area (Å²) in [5.41, 5.74) is 6.60. The van der Waals surface area contributed by atoms with Crippen molar-refractivity contribution in [3.63, 3.8) is 0 Å². The Morgan fingerprint density at radius 3 is 2.44 bits per heavy atom. The number of halogens is 1. The van der Waals surface area contributed by atoms with Gasteiger partial charge in [0.15, 0.2) is 0 Å². The number of ether oxygens (including phenoxy) is 1. The molecule has 1 aromatic heterocycles. The highest BCUT2D eigenvalue weighted by molar-refractivity contribution is 6.32. The van der Waals surface area contributed by atoms with Gasteiger partial charge in [-0.05, 0) is 73.3 Å². The predicted molar refractivity (Wildman–Crippen MR) is 201 cm³/mol. The molecule has 52 heavy (non-hydrogen) atoms. The molecule has 2 aromatic carbocycles. The Hall–Kier alpha value is -4.48. The molecule has 3 aromatic rings. The van der Waals surface area contributed by atoms with Gasteiger partial charge in [0.2, 0.25) is 11.8 Å². The van der Waals surface area contributed by atoms with Crippen LogP contribution in [0.2, 0.25) is 5.02 Å². The number of pyridine rings is 1. The lowest BCUT2D eigenvalue weighted by Crippen LogP contribution is -2.51. The first-order chi connectivity index (χ1) is 25.1. The van der Waals surface area contributed by atoms with E-state index in [9.17, 15) is 19.2 Å². The van der Waals surface area contributed by atoms with E-state index in [1.165, 1.54) is 5.56 Å². The second-order valence-electron chi connectivity index (χ2n) is 14.7. The third-order valence-corrected chi connectivity index (χ3v) is 11.8. The number of imide groups is 1. The maximum absolute atomic E-state index is 13.6. The summed E-state index contributed by atoms with van der Waals surface area (Å²) < 4.78 is 7.44. The lowest BCUT2D eigenvalue weighted by molar-refractivity contribution is -0.136. The van der Waals surface area contributed by atoms with Crippen LogP contribution in [0.1, 0.15) is 72.3 Å². The van der Waals surface area contributed by atoms with Crippen LogP contribution < -0.4 is 15.6 Å². The van der Waals surface area contributed by atoms with Crippen LogP contribution in [-0.2, 0) is 36.1 Å². The number of hydrogen-bond acceptors (Lipinski definition) is 7. The molecule has 0 bridgehead atoms. The zero-order valence-corrected chi connectivity index (χ0v) is 31.0. The number of fused-ring (bicyclic) bond motifs is 1. The van der Waals surface area contributed by atoms with Crippen molar-refractivity contribution in [3.8, 4) is 16.9 Å². The third kappa shape index (κ3) is 7.39. The largest absolute Gasteiger partial charge is 0.496 e. The lowest BCUT2D eigenvalue weighted by atomic mass is 9.87. The fraction of sp³-hybridized carbons (Fsp3) is 0.475. The zero-order valence-electron chi connectivity index (χ0n) is 30.2. The number of amides is 4. The lowest BCUT2D eigenvalue weighted by Gasteiger charge is -2.40. The first-order valence-electron chi connectivity index (χ1n) is 18.3. The van der Waals surface area contributed by atoms with E-state index in [4.69, 9.17) is 16.3 Å². The quantitative estimate of drug-likeness (QED) is 0.322. The number of aryl methyl sites for hydroxylation is 1. The molecule has 4 amide bonds. The molecule has 3 saturated heterocycles. The first kappa shape index (κ1) is 35.9. The summed E-state index contributed by atoms with van der Waals surface area (Å²) in [5, 5.41) is 3.07. The van der Waals surface area contributed by atoms with Crippen molar-refractivity contribution in [1.29, 1.82) is 0 Å². The summed E-state index contributed by atoms with van der Waals surface area (Å²) in [5.74, 6) is 0.606. The number of hydrogen-bond donors (Lipinski definition) is 1. The van der Waals surface area contributed by atoms with Crippen molar-refractivity contribution >= 4 is 35.7 Å². The summed E-state index contributed by atoms with van der Waals surface area (Å²) in [6.07, 6.45) is 8.85. The van der Waals surface area contributed by atoms with Gasteiger partial charge >= 0.3 is 6.03 Å². The zero-order chi connectivity index (χ0) is 36.5. The fourth-order valence-electron chi connectivity index (χ4n) is 8.29. The molecule has 0 saturated carbocycles. The SMILES string of the molecule is COc1cc(-c2cn(C)c(=O)c3c2C=NC3)cc(Cl)c1CN1CCC(N(C)C(=O)N2CCC(c3ccc(CC4CCC(=O)NC4=O)cc3)CC2)CC1. The Morgan fingerprint density at radius 2 is 1.75 bits per heavy atom. The highest BCUT2D eigenvalue weighted by Gasteiger charge is 2.32. The highest BCUT2D eigenvalue weighted by Crippen LogP contribution is 2.37. The normalized spacial score (nSPS) is 19.8. The maximum Gasteiger partial charge on any atom is 0.319 e. The Labute approximate surface area is 309 Å². The Bertz CT molecular complexity index is 1940. The smallest absolute Gasteiger partial charge is 0.319 e. The molecular formula is C40H47ClN6O5. The van der Waals surface area contributed by atoms with E-state index in [0.29, 0.717) is 54.6 Å². The van der Waals surface area contributed by atoms with Crippen LogP contribution in [0.25, 0.3) is 11.1 Å². The number of nitrogens with one attached hydrogen (secondary N) is 1. The van der Waals surface area contributed by atoms with E-state index in [1.54, 1.807) is 24.9 Å². The van der Waals surface area contributed by atoms with Crippen LogP contribution in [0.4, 0.5) is 4.79 Å². The number of nitrogens with zero attached hydrogens (tertiary/aromatic N) is 5. The number of carbonyl (C=O) groups excluding carboxylic acids is 3. The number of aliphatic imine (C=N–C) groups is 1. The number of methoxy groups -OCH3 is 1. The standard InChI is InChI=1S/C40H47ClN6O5/c1-44-23-33(31-21-42-22-32(31)39(44)50)29-19-35(41)34(36(20-29)52-3)24-46-14-12-30(13-15-46)45(2)40(51)47-16-10-27(11-17-47)26-6-4-25(5-7-26)18-28-8-9-37(48)43-38(28)49/h4-7,19-21,23,27-28,30H,8-18,22,24H2,1-3H3,(H,43,48,49). The molecule has 1 atom stereocenters. The summed E-state index contributed by atoms with van der Waals surface area (Å²) in [4.78, 5) is 60.5. The van der Waals surface area contributed by atoms with Gasteiger partial charge in [-0.1, -0.05) is 35.9 Å². The summed E-state index contributed by atoms with van der Waals surface area (Å²) >= 11 is 6.92. The molecule has 12 heteroatoms. The number of aromatic nitrogens is 1. The van der Waals surface area contributed by atoms with Gasteiger partial charge in [0.05, 0.1) is 13.7 Å². The van der Waals surface area contributed by atoms with Gasteiger partial charge in [-0.3, -0.25) is 29.6 Å². The fourth-order valence-corrected chi connectivity index (χ4v) is 8.56. The van der Waals surface area contributed by atoms with Gasteiger partial charge < -0.3 is 19.1 Å².